The van der Waals surface area contributed by atoms with Crippen LogP contribution in [0.25, 0.3) is 10.9 Å². The monoisotopic (exact) mass is 444 g/mol. The molecule has 1 aromatic carbocycles. The highest BCUT2D eigenvalue weighted by molar-refractivity contribution is 7.90. The molecule has 0 aliphatic carbocycles. The van der Waals surface area contributed by atoms with Gasteiger partial charge in [0.15, 0.2) is 0 Å². The van der Waals surface area contributed by atoms with E-state index < -0.39 is 15.3 Å². The number of hydrogen-bond donors (Lipinski definition) is 1. The van der Waals surface area contributed by atoms with E-state index in [1.165, 1.54) is 0 Å². The summed E-state index contributed by atoms with van der Waals surface area (Å²) in [5.41, 5.74) is 1.86. The number of rotatable bonds is 7. The number of para-hydroxylation sites is 1. The Balaban J connectivity index is 1.44. The third kappa shape index (κ3) is 4.70. The van der Waals surface area contributed by atoms with Crippen molar-refractivity contribution in [1.82, 2.24) is 29.4 Å². The lowest BCUT2D eigenvalue weighted by Gasteiger charge is -2.19. The van der Waals surface area contributed by atoms with E-state index in [4.69, 9.17) is 9.72 Å². The Bertz CT molecular complexity index is 1180. The van der Waals surface area contributed by atoms with Crippen molar-refractivity contribution in [2.24, 2.45) is 0 Å². The van der Waals surface area contributed by atoms with E-state index in [-0.39, 0.29) is 6.54 Å². The first kappa shape index (κ1) is 21.7. The van der Waals surface area contributed by atoms with Gasteiger partial charge in [0.25, 0.3) is 0 Å². The van der Waals surface area contributed by atoms with Crippen LogP contribution in [0.5, 0.6) is 5.75 Å². The van der Waals surface area contributed by atoms with Crippen molar-refractivity contribution in [2.75, 3.05) is 20.2 Å². The van der Waals surface area contributed by atoms with Crippen LogP contribution in [0.3, 0.4) is 0 Å². The second-order valence-corrected chi connectivity index (χ2v) is 10.3. The molecule has 1 aliphatic rings. The van der Waals surface area contributed by atoms with Gasteiger partial charge >= 0.3 is 0 Å². The Kier molecular flexibility index (Phi) is 6.22. The number of nitrogens with zero attached hydrogens (tertiary/aromatic N) is 5. The summed E-state index contributed by atoms with van der Waals surface area (Å²) >= 11 is 0. The summed E-state index contributed by atoms with van der Waals surface area (Å²) in [7, 11) is -1.69. The van der Waals surface area contributed by atoms with Gasteiger partial charge in [-0.15, -0.1) is 10.2 Å². The van der Waals surface area contributed by atoms with E-state index in [0.717, 1.165) is 54.2 Å². The van der Waals surface area contributed by atoms with Gasteiger partial charge in [-0.3, -0.25) is 4.90 Å². The summed E-state index contributed by atoms with van der Waals surface area (Å²) in [6.07, 6.45) is 0.751. The predicted molar refractivity (Wildman–Crippen MR) is 118 cm³/mol. The fourth-order valence-electron chi connectivity index (χ4n) is 3.69. The molecule has 3 aromatic rings. The van der Waals surface area contributed by atoms with Gasteiger partial charge in [-0.05, 0) is 26.0 Å². The van der Waals surface area contributed by atoms with Gasteiger partial charge in [-0.25, -0.2) is 18.1 Å². The first-order valence-electron chi connectivity index (χ1n) is 10.4. The lowest BCUT2D eigenvalue weighted by molar-refractivity contribution is 0.267. The van der Waals surface area contributed by atoms with Crippen molar-refractivity contribution in [3.8, 4) is 5.75 Å². The molecule has 166 valence electrons. The predicted octanol–water partition coefficient (Wildman–Crippen LogP) is 1.72. The number of pyridine rings is 1. The van der Waals surface area contributed by atoms with Crippen molar-refractivity contribution in [1.29, 1.82) is 0 Å². The van der Waals surface area contributed by atoms with Crippen LogP contribution in [0.2, 0.25) is 0 Å². The summed E-state index contributed by atoms with van der Waals surface area (Å²) < 4.78 is 34.2. The molecule has 3 heterocycles. The zero-order chi connectivity index (χ0) is 22.0. The van der Waals surface area contributed by atoms with E-state index in [9.17, 15) is 8.42 Å². The Morgan fingerprint density at radius 3 is 2.74 bits per heavy atom. The molecule has 2 aromatic heterocycles. The second-order valence-electron chi connectivity index (χ2n) is 7.96. The lowest BCUT2D eigenvalue weighted by Crippen LogP contribution is -2.32. The van der Waals surface area contributed by atoms with Crippen LogP contribution >= 0.6 is 0 Å². The molecular formula is C21H28N6O3S. The quantitative estimate of drug-likeness (QED) is 0.592. The molecule has 4 rings (SSSR count). The van der Waals surface area contributed by atoms with Crippen molar-refractivity contribution >= 4 is 20.9 Å². The molecule has 0 bridgehead atoms. The van der Waals surface area contributed by atoms with Crippen LogP contribution in [-0.4, -0.2) is 58.5 Å². The van der Waals surface area contributed by atoms with E-state index >= 15 is 0 Å². The zero-order valence-corrected chi connectivity index (χ0v) is 18.9. The number of sulfonamides is 1. The first-order valence-corrected chi connectivity index (χ1v) is 12.0. The van der Waals surface area contributed by atoms with Crippen LogP contribution in [0, 0.1) is 0 Å². The van der Waals surface area contributed by atoms with E-state index in [1.54, 1.807) is 21.0 Å². The van der Waals surface area contributed by atoms with Crippen LogP contribution in [0.4, 0.5) is 0 Å². The van der Waals surface area contributed by atoms with Crippen molar-refractivity contribution in [2.45, 2.75) is 45.2 Å². The van der Waals surface area contributed by atoms with Gasteiger partial charge in [0.05, 0.1) is 24.6 Å². The number of ether oxygens (including phenoxy) is 1. The van der Waals surface area contributed by atoms with Crippen molar-refractivity contribution in [3.63, 3.8) is 0 Å². The maximum absolute atomic E-state index is 12.1. The molecule has 1 aliphatic heterocycles. The number of nitrogens with one attached hydrogen (secondary N) is 1. The summed E-state index contributed by atoms with van der Waals surface area (Å²) in [6, 6.07) is 10.0. The van der Waals surface area contributed by atoms with E-state index in [2.05, 4.69) is 32.0 Å². The Labute approximate surface area is 182 Å². The molecule has 0 amide bonds. The highest BCUT2D eigenvalue weighted by Gasteiger charge is 2.21. The Morgan fingerprint density at radius 2 is 1.97 bits per heavy atom. The fraction of sp³-hybridized carbons (Fsp3) is 0.476. The largest absolute Gasteiger partial charge is 0.494 e. The minimum absolute atomic E-state index is 0.152. The topological polar surface area (TPSA) is 102 Å². The third-order valence-electron chi connectivity index (χ3n) is 5.59. The molecule has 10 heteroatoms. The fourth-order valence-corrected chi connectivity index (χ4v) is 4.35. The maximum Gasteiger partial charge on any atom is 0.214 e. The lowest BCUT2D eigenvalue weighted by atomic mass is 10.2. The van der Waals surface area contributed by atoms with Gasteiger partial charge in [0.1, 0.15) is 22.9 Å². The minimum Gasteiger partial charge on any atom is -0.494 e. The molecule has 0 spiro atoms. The SMILES string of the molecule is COc1cccc2ccc(CN3CCc4nnc(CNS(=O)(=O)C(C)C)n4CC3)nc12. The van der Waals surface area contributed by atoms with E-state index in [1.807, 2.05) is 22.8 Å². The molecule has 0 fully saturated rings. The normalized spacial score (nSPS) is 15.2. The first-order chi connectivity index (χ1) is 14.9. The standard InChI is InChI=1S/C21H28N6O3S/c1-15(2)31(28,29)22-13-20-25-24-19-9-10-26(11-12-27(19)20)14-17-8-7-16-5-4-6-18(30-3)21(16)23-17/h4-8,15,22H,9-14H2,1-3H3. The summed E-state index contributed by atoms with van der Waals surface area (Å²) in [5.74, 6) is 2.30. The van der Waals surface area contributed by atoms with E-state index in [0.29, 0.717) is 12.4 Å². The molecule has 0 saturated heterocycles. The van der Waals surface area contributed by atoms with Gasteiger partial charge in [-0.1, -0.05) is 18.2 Å². The molecule has 9 nitrogen and oxygen atoms in total. The van der Waals surface area contributed by atoms with Crippen LogP contribution in [0.15, 0.2) is 30.3 Å². The Hall–Kier alpha value is -2.56. The van der Waals surface area contributed by atoms with Crippen LogP contribution in [-0.2, 0) is 36.1 Å². The molecule has 0 saturated carbocycles. The molecule has 0 unspecified atom stereocenters. The van der Waals surface area contributed by atoms with Gasteiger partial charge in [0.2, 0.25) is 10.0 Å². The van der Waals surface area contributed by atoms with Crippen molar-refractivity contribution in [3.05, 3.63) is 47.7 Å². The number of methoxy groups -OCH3 is 1. The second kappa shape index (κ2) is 8.89. The van der Waals surface area contributed by atoms with Gasteiger partial charge in [-0.2, -0.15) is 0 Å². The molecule has 0 radical (unpaired) electrons. The highest BCUT2D eigenvalue weighted by Crippen LogP contribution is 2.24. The molecule has 1 N–H and O–H groups in total. The summed E-state index contributed by atoms with van der Waals surface area (Å²) in [5, 5.41) is 9.06. The summed E-state index contributed by atoms with van der Waals surface area (Å²) in [6.45, 7) is 6.53. The number of benzene rings is 1. The molecule has 0 atom stereocenters. The smallest absolute Gasteiger partial charge is 0.214 e. The highest BCUT2D eigenvalue weighted by atomic mass is 32.2. The Morgan fingerprint density at radius 1 is 1.13 bits per heavy atom. The summed E-state index contributed by atoms with van der Waals surface area (Å²) in [4.78, 5) is 7.15. The minimum atomic E-state index is -3.35. The molecule has 31 heavy (non-hydrogen) atoms. The molecular weight excluding hydrogens is 416 g/mol. The average molecular weight is 445 g/mol. The third-order valence-corrected chi connectivity index (χ3v) is 7.38. The van der Waals surface area contributed by atoms with Crippen molar-refractivity contribution < 1.29 is 13.2 Å². The number of hydrogen-bond acceptors (Lipinski definition) is 7. The zero-order valence-electron chi connectivity index (χ0n) is 18.1. The maximum atomic E-state index is 12.1. The number of fused-ring (bicyclic) bond motifs is 2. The average Bonchev–Trinajstić information content (AvgIpc) is 3.04. The van der Waals surface area contributed by atoms with Gasteiger partial charge in [0, 0.05) is 38.0 Å². The van der Waals surface area contributed by atoms with Crippen LogP contribution < -0.4 is 9.46 Å². The van der Waals surface area contributed by atoms with Crippen LogP contribution in [0.1, 0.15) is 31.2 Å². The van der Waals surface area contributed by atoms with Gasteiger partial charge < -0.3 is 9.30 Å². The number of aromatic nitrogens is 4.